The van der Waals surface area contributed by atoms with Crippen LogP contribution in [0, 0.1) is 0 Å². The maximum atomic E-state index is 12.9. The molecule has 0 aromatic heterocycles. The van der Waals surface area contributed by atoms with Crippen LogP contribution in [0.4, 0.5) is 0 Å². The first kappa shape index (κ1) is 76.0. The van der Waals surface area contributed by atoms with Gasteiger partial charge in [0.05, 0.1) is 0 Å². The lowest BCUT2D eigenvalue weighted by Gasteiger charge is -2.18. The number of esters is 3. The summed E-state index contributed by atoms with van der Waals surface area (Å²) < 4.78 is 16.9. The third-order valence-electron chi connectivity index (χ3n) is 13.5. The lowest BCUT2D eigenvalue weighted by Crippen LogP contribution is -2.30. The minimum absolute atomic E-state index is 0.118. The highest BCUT2D eigenvalue weighted by Crippen LogP contribution is 2.15. The van der Waals surface area contributed by atoms with E-state index in [2.05, 4.69) is 173 Å². The van der Waals surface area contributed by atoms with E-state index in [4.69, 9.17) is 14.2 Å². The molecule has 0 heterocycles. The summed E-state index contributed by atoms with van der Waals surface area (Å²) in [5.41, 5.74) is 0. The molecule has 0 spiro atoms. The number of carbonyl (C=O) groups is 3. The van der Waals surface area contributed by atoms with Gasteiger partial charge in [-0.25, -0.2) is 0 Å². The minimum atomic E-state index is -0.832. The van der Waals surface area contributed by atoms with Crippen molar-refractivity contribution in [2.75, 3.05) is 13.2 Å². The van der Waals surface area contributed by atoms with Crippen molar-refractivity contribution in [2.45, 2.75) is 284 Å². The monoisotopic (exact) mass is 1120 g/mol. The largest absolute Gasteiger partial charge is 0.462 e. The molecule has 0 aromatic carbocycles. The van der Waals surface area contributed by atoms with Crippen LogP contribution in [0.1, 0.15) is 278 Å². The number of rotatable bonds is 58. The summed E-state index contributed by atoms with van der Waals surface area (Å²) in [6.07, 6.45) is 98.3. The zero-order valence-electron chi connectivity index (χ0n) is 52.2. The first-order valence-electron chi connectivity index (χ1n) is 33.0. The molecule has 0 aliphatic heterocycles. The van der Waals surface area contributed by atoms with Crippen molar-refractivity contribution in [1.82, 2.24) is 0 Å². The molecule has 0 aromatic rings. The summed E-state index contributed by atoms with van der Waals surface area (Å²) in [6, 6.07) is 0. The standard InChI is InChI=1S/C75H120O6/c1-4-7-10-13-16-19-22-25-28-30-32-33-34-35-36-37-38-39-40-41-43-44-47-50-53-56-59-62-65-68-74(77)80-71-72(70-79-73(76)67-64-61-58-55-52-49-46-27-24-21-18-15-12-9-6-3)81-75(78)69-66-63-60-57-54-51-48-45-42-31-29-26-23-20-17-14-11-8-5-2/h7-8,10-11,16-17,19-20,25-29,32-33,35-36,38-39,42,45-46,51,54,60,63,72H,4-6,9,12-15,18,21-24,30-31,34,37,40-41,43-44,47-50,52-53,55-59,61-62,64-71H2,1-3H3/b10-7-,11-8-,19-16-,20-17-,28-25-,29-26-,33-32-,36-35-,39-38-,45-42-,46-27-,54-51-,63-60-. The van der Waals surface area contributed by atoms with Gasteiger partial charge in [-0.1, -0.05) is 281 Å². The Morgan fingerprint density at radius 2 is 0.506 bits per heavy atom. The Labute approximate surface area is 499 Å². The third-order valence-corrected chi connectivity index (χ3v) is 13.5. The van der Waals surface area contributed by atoms with Gasteiger partial charge in [0.25, 0.3) is 0 Å². The Balaban J connectivity index is 4.44. The summed E-state index contributed by atoms with van der Waals surface area (Å²) >= 11 is 0. The molecule has 0 aliphatic carbocycles. The Kier molecular flexibility index (Phi) is 63.4. The molecule has 0 saturated heterocycles. The lowest BCUT2D eigenvalue weighted by atomic mass is 10.1. The molecule has 0 radical (unpaired) electrons. The Bertz CT molecular complexity index is 1810. The van der Waals surface area contributed by atoms with E-state index in [0.29, 0.717) is 19.3 Å². The van der Waals surface area contributed by atoms with Gasteiger partial charge in [0.1, 0.15) is 13.2 Å². The number of carbonyl (C=O) groups excluding carboxylic acids is 3. The molecule has 81 heavy (non-hydrogen) atoms. The van der Waals surface area contributed by atoms with Gasteiger partial charge in [-0.3, -0.25) is 14.4 Å². The molecule has 0 aliphatic rings. The van der Waals surface area contributed by atoms with Crippen molar-refractivity contribution in [3.63, 3.8) is 0 Å². The summed E-state index contributed by atoms with van der Waals surface area (Å²) in [5, 5.41) is 0. The molecular weight excluding hydrogens is 997 g/mol. The predicted octanol–water partition coefficient (Wildman–Crippen LogP) is 22.9. The van der Waals surface area contributed by atoms with Gasteiger partial charge in [0, 0.05) is 19.3 Å². The normalized spacial score (nSPS) is 13.2. The van der Waals surface area contributed by atoms with Gasteiger partial charge in [0.2, 0.25) is 0 Å². The zero-order chi connectivity index (χ0) is 58.5. The molecule has 0 N–H and O–H groups in total. The number of allylic oxidation sites excluding steroid dienone is 26. The van der Waals surface area contributed by atoms with E-state index in [0.717, 1.165) is 135 Å². The van der Waals surface area contributed by atoms with Crippen LogP contribution in [0.25, 0.3) is 0 Å². The first-order valence-corrected chi connectivity index (χ1v) is 33.0. The molecule has 0 bridgehead atoms. The first-order chi connectivity index (χ1) is 40.0. The predicted molar refractivity (Wildman–Crippen MR) is 352 cm³/mol. The topological polar surface area (TPSA) is 78.9 Å². The molecule has 1 unspecified atom stereocenters. The van der Waals surface area contributed by atoms with Crippen molar-refractivity contribution in [2.24, 2.45) is 0 Å². The van der Waals surface area contributed by atoms with E-state index in [9.17, 15) is 14.4 Å². The molecular formula is C75H120O6. The van der Waals surface area contributed by atoms with Crippen molar-refractivity contribution < 1.29 is 28.6 Å². The number of unbranched alkanes of at least 4 members (excludes halogenated alkanes) is 21. The van der Waals surface area contributed by atoms with Crippen molar-refractivity contribution in [1.29, 1.82) is 0 Å². The van der Waals surface area contributed by atoms with Crippen LogP contribution in [0.15, 0.2) is 158 Å². The van der Waals surface area contributed by atoms with Gasteiger partial charge in [-0.05, 0) is 135 Å². The van der Waals surface area contributed by atoms with Crippen molar-refractivity contribution in [3.8, 4) is 0 Å². The quantitative estimate of drug-likeness (QED) is 0.0261. The number of hydrogen-bond acceptors (Lipinski definition) is 6. The van der Waals surface area contributed by atoms with Gasteiger partial charge in [0.15, 0.2) is 6.10 Å². The molecule has 6 nitrogen and oxygen atoms in total. The second-order valence-corrected chi connectivity index (χ2v) is 21.3. The van der Waals surface area contributed by atoms with E-state index in [-0.39, 0.29) is 31.6 Å². The highest BCUT2D eigenvalue weighted by molar-refractivity contribution is 5.71. The number of hydrogen-bond donors (Lipinski definition) is 0. The maximum absolute atomic E-state index is 12.9. The van der Waals surface area contributed by atoms with Crippen LogP contribution in [0.3, 0.4) is 0 Å². The molecule has 6 heteroatoms. The van der Waals surface area contributed by atoms with Crippen LogP contribution in [0.2, 0.25) is 0 Å². The Hall–Kier alpha value is -4.97. The highest BCUT2D eigenvalue weighted by atomic mass is 16.6. The fourth-order valence-electron chi connectivity index (χ4n) is 8.64. The maximum Gasteiger partial charge on any atom is 0.306 e. The smallest absolute Gasteiger partial charge is 0.306 e. The van der Waals surface area contributed by atoms with Crippen LogP contribution in [-0.4, -0.2) is 37.2 Å². The lowest BCUT2D eigenvalue weighted by molar-refractivity contribution is -0.166. The van der Waals surface area contributed by atoms with Gasteiger partial charge < -0.3 is 14.2 Å². The van der Waals surface area contributed by atoms with E-state index in [1.165, 1.54) is 96.3 Å². The Morgan fingerprint density at radius 3 is 0.815 bits per heavy atom. The van der Waals surface area contributed by atoms with Crippen LogP contribution in [0.5, 0.6) is 0 Å². The highest BCUT2D eigenvalue weighted by Gasteiger charge is 2.19. The van der Waals surface area contributed by atoms with E-state index in [1.807, 2.05) is 6.08 Å². The summed E-state index contributed by atoms with van der Waals surface area (Å²) in [5.74, 6) is -1.02. The molecule has 0 saturated carbocycles. The van der Waals surface area contributed by atoms with Crippen LogP contribution >= 0.6 is 0 Å². The van der Waals surface area contributed by atoms with E-state index < -0.39 is 12.1 Å². The number of ether oxygens (including phenoxy) is 3. The third kappa shape index (κ3) is 65.7. The Morgan fingerprint density at radius 1 is 0.259 bits per heavy atom. The molecule has 0 rings (SSSR count). The second kappa shape index (κ2) is 67.5. The minimum Gasteiger partial charge on any atom is -0.462 e. The summed E-state index contributed by atoms with van der Waals surface area (Å²) in [7, 11) is 0. The molecule has 0 amide bonds. The van der Waals surface area contributed by atoms with Crippen molar-refractivity contribution >= 4 is 17.9 Å². The second-order valence-electron chi connectivity index (χ2n) is 21.3. The van der Waals surface area contributed by atoms with Gasteiger partial charge in [-0.2, -0.15) is 0 Å². The van der Waals surface area contributed by atoms with Crippen LogP contribution < -0.4 is 0 Å². The fraction of sp³-hybridized carbons (Fsp3) is 0.613. The molecule has 456 valence electrons. The van der Waals surface area contributed by atoms with E-state index >= 15 is 0 Å². The molecule has 0 fully saturated rings. The molecule has 1 atom stereocenters. The van der Waals surface area contributed by atoms with Crippen LogP contribution in [-0.2, 0) is 28.6 Å². The SMILES string of the molecule is CC/C=C\C/C=C\C/C=C\C/C=C\C/C=C\C/C=C\CCCCCCCCCCCCC(=O)OCC(COC(=O)CCCCCCC/C=C\CCCCCCCC)OC(=O)CC/C=C\C/C=C\C/C=C\C/C=C\C/C=C\C/C=C\CC. The average Bonchev–Trinajstić information content (AvgIpc) is 3.47. The summed E-state index contributed by atoms with van der Waals surface area (Å²) in [6.45, 7) is 6.34. The van der Waals surface area contributed by atoms with Gasteiger partial charge in [-0.15, -0.1) is 0 Å². The van der Waals surface area contributed by atoms with Gasteiger partial charge >= 0.3 is 17.9 Å². The fourth-order valence-corrected chi connectivity index (χ4v) is 8.64. The zero-order valence-corrected chi connectivity index (χ0v) is 52.2. The summed E-state index contributed by atoms with van der Waals surface area (Å²) in [4.78, 5) is 38.3. The average molecular weight is 1120 g/mol. The van der Waals surface area contributed by atoms with E-state index in [1.54, 1.807) is 0 Å². The van der Waals surface area contributed by atoms with Crippen molar-refractivity contribution in [3.05, 3.63) is 158 Å².